The van der Waals surface area contributed by atoms with Crippen molar-refractivity contribution in [2.75, 3.05) is 0 Å². The third kappa shape index (κ3) is 2.17. The molecule has 1 aromatic rings. The van der Waals surface area contributed by atoms with Crippen LogP contribution in [0.4, 0.5) is 0 Å². The number of hydrogen-bond donors (Lipinski definition) is 3. The highest BCUT2D eigenvalue weighted by Gasteiger charge is 2.24. The molecule has 0 aliphatic carbocycles. The lowest BCUT2D eigenvalue weighted by Gasteiger charge is -2.27. The van der Waals surface area contributed by atoms with Gasteiger partial charge in [0.2, 0.25) is 0 Å². The van der Waals surface area contributed by atoms with E-state index in [0.29, 0.717) is 5.56 Å². The number of aromatic hydroxyl groups is 2. The number of rotatable bonds is 1. The molecule has 0 bridgehead atoms. The van der Waals surface area contributed by atoms with Crippen molar-refractivity contribution in [3.63, 3.8) is 0 Å². The van der Waals surface area contributed by atoms with Crippen molar-refractivity contribution in [3.8, 4) is 11.5 Å². The first kappa shape index (κ1) is 10.9. The molecule has 0 saturated carbocycles. The van der Waals surface area contributed by atoms with Crippen LogP contribution >= 0.6 is 0 Å². The zero-order valence-electron chi connectivity index (χ0n) is 8.78. The monoisotopic (exact) mass is 195 g/mol. The molecular formula is C11H17NO2. The van der Waals surface area contributed by atoms with E-state index in [0.717, 1.165) is 0 Å². The fraction of sp³-hybridized carbons (Fsp3) is 0.455. The molecule has 0 spiro atoms. The zero-order valence-corrected chi connectivity index (χ0v) is 8.78. The number of benzene rings is 1. The van der Waals surface area contributed by atoms with Crippen molar-refractivity contribution < 1.29 is 10.2 Å². The van der Waals surface area contributed by atoms with Gasteiger partial charge in [0, 0.05) is 17.7 Å². The Morgan fingerprint density at radius 2 is 1.79 bits per heavy atom. The molecule has 1 aromatic carbocycles. The maximum atomic E-state index is 9.59. The minimum Gasteiger partial charge on any atom is -0.508 e. The molecule has 0 radical (unpaired) electrons. The maximum Gasteiger partial charge on any atom is 0.124 e. The highest BCUT2D eigenvalue weighted by Crippen LogP contribution is 2.36. The minimum atomic E-state index is -0.247. The molecule has 0 amide bonds. The number of phenols is 2. The zero-order chi connectivity index (χ0) is 10.9. The van der Waals surface area contributed by atoms with Gasteiger partial charge in [0.15, 0.2) is 0 Å². The second-order valence-electron chi connectivity index (χ2n) is 4.59. The molecule has 0 aliphatic rings. The lowest BCUT2D eigenvalue weighted by molar-refractivity contribution is 0.317. The van der Waals surface area contributed by atoms with Gasteiger partial charge in [-0.05, 0) is 11.5 Å². The molecule has 14 heavy (non-hydrogen) atoms. The van der Waals surface area contributed by atoms with Crippen molar-refractivity contribution in [2.45, 2.75) is 26.8 Å². The van der Waals surface area contributed by atoms with Crippen molar-refractivity contribution in [3.05, 3.63) is 23.8 Å². The maximum absolute atomic E-state index is 9.59. The van der Waals surface area contributed by atoms with Crippen LogP contribution in [0.5, 0.6) is 11.5 Å². The van der Waals surface area contributed by atoms with Gasteiger partial charge in [-0.3, -0.25) is 0 Å². The molecule has 0 aromatic heterocycles. The number of nitrogens with two attached hydrogens (primary N) is 1. The Labute approximate surface area is 84.2 Å². The number of phenolic OH excluding ortho intramolecular Hbond substituents is 2. The van der Waals surface area contributed by atoms with Gasteiger partial charge in [-0.15, -0.1) is 0 Å². The van der Waals surface area contributed by atoms with Crippen LogP contribution < -0.4 is 5.73 Å². The van der Waals surface area contributed by atoms with Crippen molar-refractivity contribution in [1.82, 2.24) is 0 Å². The molecule has 3 heteroatoms. The van der Waals surface area contributed by atoms with E-state index in [1.54, 1.807) is 6.07 Å². The van der Waals surface area contributed by atoms with Crippen molar-refractivity contribution >= 4 is 0 Å². The first-order valence-electron chi connectivity index (χ1n) is 4.60. The molecule has 78 valence electrons. The predicted molar refractivity (Wildman–Crippen MR) is 56.2 cm³/mol. The highest BCUT2D eigenvalue weighted by molar-refractivity contribution is 5.41. The first-order chi connectivity index (χ1) is 6.32. The normalized spacial score (nSPS) is 14.0. The summed E-state index contributed by atoms with van der Waals surface area (Å²) in [7, 11) is 0. The van der Waals surface area contributed by atoms with Crippen LogP contribution in [0.2, 0.25) is 0 Å². The average Bonchev–Trinajstić information content (AvgIpc) is 2.01. The fourth-order valence-corrected chi connectivity index (χ4v) is 1.26. The molecule has 0 heterocycles. The lowest BCUT2D eigenvalue weighted by Crippen LogP contribution is -2.26. The van der Waals surface area contributed by atoms with Crippen LogP contribution in [0.25, 0.3) is 0 Å². The minimum absolute atomic E-state index is 0.0485. The molecule has 1 rings (SSSR count). The van der Waals surface area contributed by atoms with Gasteiger partial charge in [0.05, 0.1) is 0 Å². The van der Waals surface area contributed by atoms with E-state index < -0.39 is 0 Å². The van der Waals surface area contributed by atoms with E-state index in [2.05, 4.69) is 0 Å². The standard InChI is InChI=1S/C11H17NO2/c1-11(2,3)10(12)8-5-4-7(13)6-9(8)14/h4-6,10,13-14H,12H2,1-3H3/t10-/m1/s1. The Hall–Kier alpha value is -1.22. The molecule has 3 nitrogen and oxygen atoms in total. The van der Waals surface area contributed by atoms with Crippen LogP contribution in [0.15, 0.2) is 18.2 Å². The van der Waals surface area contributed by atoms with E-state index in [9.17, 15) is 5.11 Å². The second-order valence-corrected chi connectivity index (χ2v) is 4.59. The fourth-order valence-electron chi connectivity index (χ4n) is 1.26. The Balaban J connectivity index is 3.08. The topological polar surface area (TPSA) is 66.5 Å². The molecule has 0 unspecified atom stereocenters. The van der Waals surface area contributed by atoms with Crippen LogP contribution in [-0.2, 0) is 0 Å². The summed E-state index contributed by atoms with van der Waals surface area (Å²) < 4.78 is 0. The Morgan fingerprint density at radius 1 is 1.21 bits per heavy atom. The Bertz CT molecular complexity index is 329. The third-order valence-electron chi connectivity index (χ3n) is 2.28. The van der Waals surface area contributed by atoms with Gasteiger partial charge < -0.3 is 15.9 Å². The molecular weight excluding hydrogens is 178 g/mol. The number of hydrogen-bond acceptors (Lipinski definition) is 3. The molecule has 0 aliphatic heterocycles. The summed E-state index contributed by atoms with van der Waals surface area (Å²) in [6, 6.07) is 4.24. The van der Waals surface area contributed by atoms with Crippen molar-refractivity contribution in [1.29, 1.82) is 0 Å². The summed E-state index contributed by atoms with van der Waals surface area (Å²) in [5.74, 6) is 0.0970. The lowest BCUT2D eigenvalue weighted by atomic mass is 9.83. The van der Waals surface area contributed by atoms with Crippen molar-refractivity contribution in [2.24, 2.45) is 11.1 Å². The molecule has 0 fully saturated rings. The van der Waals surface area contributed by atoms with E-state index in [1.807, 2.05) is 20.8 Å². The van der Waals surface area contributed by atoms with E-state index in [1.165, 1.54) is 12.1 Å². The van der Waals surface area contributed by atoms with Crippen LogP contribution in [-0.4, -0.2) is 10.2 Å². The first-order valence-corrected chi connectivity index (χ1v) is 4.60. The van der Waals surface area contributed by atoms with Crippen LogP contribution in [0, 0.1) is 5.41 Å². The van der Waals surface area contributed by atoms with Gasteiger partial charge in [-0.1, -0.05) is 26.8 Å². The second kappa shape index (κ2) is 3.50. The summed E-state index contributed by atoms with van der Waals surface area (Å²) in [5, 5.41) is 18.7. The summed E-state index contributed by atoms with van der Waals surface area (Å²) in [5.41, 5.74) is 6.53. The highest BCUT2D eigenvalue weighted by atomic mass is 16.3. The van der Waals surface area contributed by atoms with Gasteiger partial charge in [0.25, 0.3) is 0 Å². The third-order valence-corrected chi connectivity index (χ3v) is 2.28. The van der Waals surface area contributed by atoms with Gasteiger partial charge >= 0.3 is 0 Å². The van der Waals surface area contributed by atoms with Crippen LogP contribution in [0.1, 0.15) is 32.4 Å². The Morgan fingerprint density at radius 3 is 2.21 bits per heavy atom. The average molecular weight is 195 g/mol. The predicted octanol–water partition coefficient (Wildman–Crippen LogP) is 2.14. The van der Waals surface area contributed by atoms with Gasteiger partial charge in [0.1, 0.15) is 11.5 Å². The Kier molecular flexibility index (Phi) is 2.71. The quantitative estimate of drug-likeness (QED) is 0.643. The molecule has 1 atom stereocenters. The van der Waals surface area contributed by atoms with Gasteiger partial charge in [-0.2, -0.15) is 0 Å². The van der Waals surface area contributed by atoms with Crippen LogP contribution in [0.3, 0.4) is 0 Å². The van der Waals surface area contributed by atoms with E-state index in [4.69, 9.17) is 10.8 Å². The summed E-state index contributed by atoms with van der Waals surface area (Å²) in [6.45, 7) is 6.01. The van der Waals surface area contributed by atoms with Gasteiger partial charge in [-0.25, -0.2) is 0 Å². The largest absolute Gasteiger partial charge is 0.508 e. The van der Waals surface area contributed by atoms with E-state index >= 15 is 0 Å². The summed E-state index contributed by atoms with van der Waals surface area (Å²) >= 11 is 0. The van der Waals surface area contributed by atoms with E-state index in [-0.39, 0.29) is 23.0 Å². The SMILES string of the molecule is CC(C)(C)[C@H](N)c1ccc(O)cc1O. The smallest absolute Gasteiger partial charge is 0.124 e. The molecule has 0 saturated heterocycles. The summed E-state index contributed by atoms with van der Waals surface area (Å²) in [4.78, 5) is 0. The molecule has 4 N–H and O–H groups in total. The summed E-state index contributed by atoms with van der Waals surface area (Å²) in [6.07, 6.45) is 0.